The molecule has 2 unspecified atom stereocenters. The van der Waals surface area contributed by atoms with E-state index in [4.69, 9.17) is 0 Å². The summed E-state index contributed by atoms with van der Waals surface area (Å²) in [5, 5.41) is 5.76. The van der Waals surface area contributed by atoms with Gasteiger partial charge in [0.2, 0.25) is 0 Å². The van der Waals surface area contributed by atoms with Crippen molar-refractivity contribution in [3.8, 4) is 33.4 Å². The number of rotatable bonds is 4. The van der Waals surface area contributed by atoms with Crippen LogP contribution in [0.15, 0.2) is 163 Å². The van der Waals surface area contributed by atoms with Crippen molar-refractivity contribution in [2.24, 2.45) is 0 Å². The second-order valence-electron chi connectivity index (χ2n) is 16.2. The predicted molar refractivity (Wildman–Crippen MR) is 226 cm³/mol. The normalized spacial score (nSPS) is 18.0. The van der Waals surface area contributed by atoms with Crippen molar-refractivity contribution in [1.82, 2.24) is 0 Å². The lowest BCUT2D eigenvalue weighted by Gasteiger charge is -2.30. The van der Waals surface area contributed by atoms with E-state index in [0.29, 0.717) is 11.8 Å². The lowest BCUT2D eigenvalue weighted by molar-refractivity contribution is 0.661. The minimum absolute atomic E-state index is 0.125. The zero-order chi connectivity index (χ0) is 35.7. The molecule has 0 saturated heterocycles. The van der Waals surface area contributed by atoms with E-state index in [1.165, 1.54) is 83.7 Å². The van der Waals surface area contributed by atoms with Crippen LogP contribution in [-0.2, 0) is 5.41 Å². The van der Waals surface area contributed by atoms with Crippen LogP contribution in [0.1, 0.15) is 65.5 Å². The van der Waals surface area contributed by atoms with Gasteiger partial charge in [0.05, 0.1) is 11.4 Å². The lowest BCUT2D eigenvalue weighted by Crippen LogP contribution is -2.17. The van der Waals surface area contributed by atoms with Gasteiger partial charge in [0.25, 0.3) is 0 Å². The molecule has 0 spiro atoms. The van der Waals surface area contributed by atoms with Crippen molar-refractivity contribution in [3.05, 3.63) is 197 Å². The second-order valence-corrected chi connectivity index (χ2v) is 16.2. The molecule has 1 fully saturated rings. The largest absolute Gasteiger partial charge is 0.303 e. The first-order valence-electron chi connectivity index (χ1n) is 19.3. The van der Waals surface area contributed by atoms with Crippen LogP contribution in [0.3, 0.4) is 0 Å². The van der Waals surface area contributed by atoms with Gasteiger partial charge in [-0.15, -0.1) is 0 Å². The van der Waals surface area contributed by atoms with Crippen molar-refractivity contribution < 1.29 is 0 Å². The van der Waals surface area contributed by atoms with Gasteiger partial charge in [-0.05, 0) is 132 Å². The molecule has 0 amide bonds. The molecule has 8 aromatic carbocycles. The minimum Gasteiger partial charge on any atom is -0.303 e. The molecule has 4 aliphatic rings. The Bertz CT molecular complexity index is 2970. The first-order chi connectivity index (χ1) is 26.5. The Morgan fingerprint density at radius 3 is 2.02 bits per heavy atom. The molecule has 1 saturated carbocycles. The maximum atomic E-state index is 3.62. The fourth-order valence-electron chi connectivity index (χ4n) is 10.1. The minimum atomic E-state index is -0.125. The maximum Gasteiger partial charge on any atom is 0.0964 e. The van der Waals surface area contributed by atoms with Crippen LogP contribution in [0, 0.1) is 0 Å². The van der Waals surface area contributed by atoms with E-state index in [1.807, 2.05) is 0 Å². The highest BCUT2D eigenvalue weighted by Gasteiger charge is 2.44. The monoisotopic (exact) mass is 687 g/mol. The molecule has 54 heavy (non-hydrogen) atoms. The summed E-state index contributed by atoms with van der Waals surface area (Å²) in [6.45, 7) is 4.80. The van der Waals surface area contributed by atoms with Crippen molar-refractivity contribution >= 4 is 44.7 Å². The third-order valence-corrected chi connectivity index (χ3v) is 12.9. The van der Waals surface area contributed by atoms with E-state index in [-0.39, 0.29) is 5.41 Å². The number of benzene rings is 8. The van der Waals surface area contributed by atoms with Gasteiger partial charge in [0.15, 0.2) is 0 Å². The van der Waals surface area contributed by atoms with E-state index >= 15 is 0 Å². The summed E-state index contributed by atoms with van der Waals surface area (Å²) in [4.78, 5) is 2.32. The quantitative estimate of drug-likeness (QED) is 0.131. The SMILES string of the molecule is CC1(C)c2cc(-c3ccc(C4=C=Cc5ccccc5N4c4ccccc4)cc3)ccc2-c2ccc(-c3ccc4c5c3ccc3cccc(c35)C3CC43)cc21. The average Bonchev–Trinajstić information content (AvgIpc) is 4.01. The molecular formula is C53H37N. The number of hydrogen-bond acceptors (Lipinski definition) is 1. The van der Waals surface area contributed by atoms with Crippen molar-refractivity contribution in [2.75, 3.05) is 4.90 Å². The van der Waals surface area contributed by atoms with E-state index in [9.17, 15) is 0 Å². The van der Waals surface area contributed by atoms with Crippen molar-refractivity contribution in [3.63, 3.8) is 0 Å². The molecule has 254 valence electrons. The summed E-state index contributed by atoms with van der Waals surface area (Å²) in [6.07, 6.45) is 3.40. The number of anilines is 2. The first kappa shape index (κ1) is 30.1. The molecule has 0 N–H and O–H groups in total. The Labute approximate surface area is 316 Å². The van der Waals surface area contributed by atoms with E-state index in [2.05, 4.69) is 188 Å². The number of fused-ring (bicyclic) bond motifs is 7. The van der Waals surface area contributed by atoms with E-state index in [0.717, 1.165) is 16.9 Å². The zero-order valence-electron chi connectivity index (χ0n) is 30.4. The molecule has 1 heterocycles. The first-order valence-corrected chi connectivity index (χ1v) is 19.3. The van der Waals surface area contributed by atoms with E-state index < -0.39 is 0 Å². The number of nitrogens with zero attached hydrogens (tertiary/aromatic N) is 1. The standard InChI is InChI=1S/C53H37N/c1-53(2)47-29-36(32-15-17-34(18-16-32)50-28-22-33-9-6-7-14-49(33)54(50)38-11-4-3-5-12-38)20-23-40(47)41-24-21-37(30-48(41)53)39-26-27-44-46-31-45(46)42-13-8-10-35-19-25-43(39)52(44)51(35)42/h3-27,29-30,45-46H,31H2,1-2H3. The molecule has 0 aromatic heterocycles. The van der Waals surface area contributed by atoms with Gasteiger partial charge in [-0.2, -0.15) is 0 Å². The molecule has 0 radical (unpaired) electrons. The van der Waals surface area contributed by atoms with Gasteiger partial charge in [0, 0.05) is 22.2 Å². The Morgan fingerprint density at radius 1 is 0.537 bits per heavy atom. The summed E-state index contributed by atoms with van der Waals surface area (Å²) >= 11 is 0. The van der Waals surface area contributed by atoms with Gasteiger partial charge < -0.3 is 4.90 Å². The lowest BCUT2D eigenvalue weighted by atomic mass is 9.80. The molecule has 1 nitrogen and oxygen atoms in total. The molecule has 8 aromatic rings. The molecule has 1 heteroatoms. The van der Waals surface area contributed by atoms with Crippen LogP contribution >= 0.6 is 0 Å². The molecule has 3 aliphatic carbocycles. The van der Waals surface area contributed by atoms with Crippen LogP contribution in [0.5, 0.6) is 0 Å². The Balaban J connectivity index is 0.904. The molecule has 0 bridgehead atoms. The van der Waals surface area contributed by atoms with Gasteiger partial charge in [0.1, 0.15) is 0 Å². The summed E-state index contributed by atoms with van der Waals surface area (Å²) < 4.78 is 0. The van der Waals surface area contributed by atoms with Crippen LogP contribution in [0.4, 0.5) is 11.4 Å². The fourth-order valence-corrected chi connectivity index (χ4v) is 10.1. The highest BCUT2D eigenvalue weighted by Crippen LogP contribution is 2.62. The molecule has 1 aliphatic heterocycles. The number of hydrogen-bond donors (Lipinski definition) is 0. The van der Waals surface area contributed by atoms with Crippen LogP contribution in [0.2, 0.25) is 0 Å². The summed E-state index contributed by atoms with van der Waals surface area (Å²) in [6, 6.07) is 59.0. The zero-order valence-corrected chi connectivity index (χ0v) is 30.4. The van der Waals surface area contributed by atoms with Gasteiger partial charge in [-0.3, -0.25) is 0 Å². The van der Waals surface area contributed by atoms with E-state index in [1.54, 1.807) is 11.1 Å². The fraction of sp³-hybridized carbons (Fsp3) is 0.113. The number of para-hydroxylation sites is 2. The topological polar surface area (TPSA) is 3.24 Å². The third kappa shape index (κ3) is 4.16. The van der Waals surface area contributed by atoms with Gasteiger partial charge in [-0.25, -0.2) is 0 Å². The Kier molecular flexibility index (Phi) is 6.04. The second kappa shape index (κ2) is 10.8. The van der Waals surface area contributed by atoms with Crippen LogP contribution in [0.25, 0.3) is 66.7 Å². The van der Waals surface area contributed by atoms with Gasteiger partial charge >= 0.3 is 0 Å². The van der Waals surface area contributed by atoms with Crippen LogP contribution < -0.4 is 4.90 Å². The van der Waals surface area contributed by atoms with Gasteiger partial charge in [-0.1, -0.05) is 147 Å². The van der Waals surface area contributed by atoms with Crippen molar-refractivity contribution in [2.45, 2.75) is 37.5 Å². The summed E-state index contributed by atoms with van der Waals surface area (Å²) in [5.74, 6) is 1.39. The Hall–Kier alpha value is -6.40. The van der Waals surface area contributed by atoms with Crippen LogP contribution in [-0.4, -0.2) is 0 Å². The predicted octanol–water partition coefficient (Wildman–Crippen LogP) is 14.0. The highest BCUT2D eigenvalue weighted by molar-refractivity contribution is 6.16. The Morgan fingerprint density at radius 2 is 1.20 bits per heavy atom. The average molecular weight is 688 g/mol. The maximum absolute atomic E-state index is 3.62. The van der Waals surface area contributed by atoms with Crippen molar-refractivity contribution in [1.29, 1.82) is 0 Å². The molecular weight excluding hydrogens is 651 g/mol. The summed E-state index contributed by atoms with van der Waals surface area (Å²) in [7, 11) is 0. The third-order valence-electron chi connectivity index (χ3n) is 12.9. The smallest absolute Gasteiger partial charge is 0.0964 e. The highest BCUT2D eigenvalue weighted by atomic mass is 15.2. The molecule has 12 rings (SSSR count). The summed E-state index contributed by atoms with van der Waals surface area (Å²) in [5.41, 5.74) is 22.9. The molecule has 2 atom stereocenters.